The first-order valence-electron chi connectivity index (χ1n) is 5.33. The van der Waals surface area contributed by atoms with Gasteiger partial charge in [0.1, 0.15) is 0 Å². The first-order valence-corrected chi connectivity index (χ1v) is 5.33. The van der Waals surface area contributed by atoms with E-state index in [0.29, 0.717) is 0 Å². The van der Waals surface area contributed by atoms with Crippen LogP contribution >= 0.6 is 0 Å². The molecule has 0 aliphatic carbocycles. The monoisotopic (exact) mass is 170 g/mol. The van der Waals surface area contributed by atoms with Crippen molar-refractivity contribution in [3.63, 3.8) is 0 Å². The van der Waals surface area contributed by atoms with Gasteiger partial charge in [0.15, 0.2) is 0 Å². The predicted molar refractivity (Wildman–Crippen MR) is 52.2 cm³/mol. The van der Waals surface area contributed by atoms with E-state index in [4.69, 9.17) is 4.74 Å². The van der Waals surface area contributed by atoms with Crippen molar-refractivity contribution in [3.05, 3.63) is 0 Å². The largest absolute Gasteiger partial charge is 0.381 e. The molecule has 1 heterocycles. The second kappa shape index (κ2) is 4.86. The molecule has 0 aromatic heterocycles. The maximum absolute atomic E-state index is 5.47. The molecule has 1 fully saturated rings. The van der Waals surface area contributed by atoms with Gasteiger partial charge < -0.3 is 4.74 Å². The summed E-state index contributed by atoms with van der Waals surface area (Å²) >= 11 is 0. The average molecular weight is 170 g/mol. The summed E-state index contributed by atoms with van der Waals surface area (Å²) in [7, 11) is 0. The lowest BCUT2D eigenvalue weighted by molar-refractivity contribution is 0.171. The van der Waals surface area contributed by atoms with Crippen LogP contribution in [-0.4, -0.2) is 13.2 Å². The maximum atomic E-state index is 5.47. The minimum Gasteiger partial charge on any atom is -0.381 e. The molecule has 0 spiro atoms. The van der Waals surface area contributed by atoms with Crippen molar-refractivity contribution in [2.45, 2.75) is 40.0 Å². The molecule has 0 radical (unpaired) electrons. The van der Waals surface area contributed by atoms with E-state index in [1.807, 2.05) is 0 Å². The van der Waals surface area contributed by atoms with E-state index in [2.05, 4.69) is 20.8 Å². The van der Waals surface area contributed by atoms with Crippen LogP contribution in [-0.2, 0) is 4.74 Å². The number of unbranched alkanes of at least 4 members (excludes halogenated alkanes) is 1. The van der Waals surface area contributed by atoms with Crippen LogP contribution in [0.25, 0.3) is 0 Å². The molecule has 12 heavy (non-hydrogen) atoms. The van der Waals surface area contributed by atoms with Gasteiger partial charge in [0.05, 0.1) is 0 Å². The lowest BCUT2D eigenvalue weighted by Gasteiger charge is -2.21. The van der Waals surface area contributed by atoms with Crippen molar-refractivity contribution in [1.82, 2.24) is 0 Å². The van der Waals surface area contributed by atoms with Crippen LogP contribution < -0.4 is 0 Å². The summed E-state index contributed by atoms with van der Waals surface area (Å²) in [6.07, 6.45) is 4.09. The molecule has 3 atom stereocenters. The molecule has 1 heteroatoms. The Morgan fingerprint density at radius 2 is 2.17 bits per heavy atom. The first kappa shape index (κ1) is 10.0. The third kappa shape index (κ3) is 2.48. The minimum absolute atomic E-state index is 0.789. The lowest BCUT2D eigenvalue weighted by Crippen LogP contribution is -2.17. The summed E-state index contributed by atoms with van der Waals surface area (Å²) in [6, 6.07) is 0. The van der Waals surface area contributed by atoms with E-state index in [1.54, 1.807) is 0 Å². The van der Waals surface area contributed by atoms with Crippen molar-refractivity contribution >= 4 is 0 Å². The van der Waals surface area contributed by atoms with Gasteiger partial charge in [-0.05, 0) is 17.8 Å². The SMILES string of the molecule is CCCC[C@@H](C)[C@@H]1COCC1C. The molecule has 0 aromatic carbocycles. The zero-order valence-electron chi connectivity index (χ0n) is 8.68. The zero-order chi connectivity index (χ0) is 8.97. The highest BCUT2D eigenvalue weighted by molar-refractivity contribution is 4.76. The minimum atomic E-state index is 0.789. The highest BCUT2D eigenvalue weighted by atomic mass is 16.5. The summed E-state index contributed by atoms with van der Waals surface area (Å²) in [5.41, 5.74) is 0. The van der Waals surface area contributed by atoms with Crippen molar-refractivity contribution in [2.24, 2.45) is 17.8 Å². The van der Waals surface area contributed by atoms with Crippen LogP contribution in [0.4, 0.5) is 0 Å². The molecule has 72 valence electrons. The third-order valence-corrected chi connectivity index (χ3v) is 3.17. The van der Waals surface area contributed by atoms with E-state index >= 15 is 0 Å². The quantitative estimate of drug-likeness (QED) is 0.630. The van der Waals surface area contributed by atoms with Gasteiger partial charge in [-0.15, -0.1) is 0 Å². The Morgan fingerprint density at radius 3 is 2.67 bits per heavy atom. The second-order valence-corrected chi connectivity index (χ2v) is 4.30. The summed E-state index contributed by atoms with van der Waals surface area (Å²) in [5.74, 6) is 2.48. The lowest BCUT2D eigenvalue weighted by atomic mass is 9.83. The predicted octanol–water partition coefficient (Wildman–Crippen LogP) is 3.10. The molecule has 1 unspecified atom stereocenters. The van der Waals surface area contributed by atoms with Crippen LogP contribution in [0, 0.1) is 17.8 Å². The van der Waals surface area contributed by atoms with Gasteiger partial charge in [-0.1, -0.05) is 40.0 Å². The highest BCUT2D eigenvalue weighted by Gasteiger charge is 2.28. The van der Waals surface area contributed by atoms with Gasteiger partial charge in [0.2, 0.25) is 0 Å². The molecule has 1 saturated heterocycles. The van der Waals surface area contributed by atoms with Crippen LogP contribution in [0.15, 0.2) is 0 Å². The van der Waals surface area contributed by atoms with Crippen molar-refractivity contribution in [3.8, 4) is 0 Å². The fourth-order valence-electron chi connectivity index (χ4n) is 2.14. The number of hydrogen-bond donors (Lipinski definition) is 0. The number of hydrogen-bond acceptors (Lipinski definition) is 1. The smallest absolute Gasteiger partial charge is 0.0500 e. The van der Waals surface area contributed by atoms with Gasteiger partial charge in [-0.2, -0.15) is 0 Å². The van der Waals surface area contributed by atoms with Gasteiger partial charge in [-0.3, -0.25) is 0 Å². The Bertz CT molecular complexity index is 122. The maximum Gasteiger partial charge on any atom is 0.0500 e. The normalized spacial score (nSPS) is 32.2. The molecule has 0 bridgehead atoms. The molecular formula is C11H22O. The molecule has 0 N–H and O–H groups in total. The topological polar surface area (TPSA) is 9.23 Å². The second-order valence-electron chi connectivity index (χ2n) is 4.30. The molecule has 1 rings (SSSR count). The van der Waals surface area contributed by atoms with Crippen molar-refractivity contribution in [1.29, 1.82) is 0 Å². The Kier molecular flexibility index (Phi) is 4.07. The molecule has 0 aromatic rings. The summed E-state index contributed by atoms with van der Waals surface area (Å²) in [5, 5.41) is 0. The standard InChI is InChI=1S/C11H22O/c1-4-5-6-9(2)11-8-12-7-10(11)3/h9-11H,4-8H2,1-3H3/t9-,10?,11+/m1/s1. The summed E-state index contributed by atoms with van der Waals surface area (Å²) < 4.78 is 5.47. The molecule has 1 aliphatic heterocycles. The Labute approximate surface area is 76.5 Å². The van der Waals surface area contributed by atoms with Crippen LogP contribution in [0.5, 0.6) is 0 Å². The fourth-order valence-corrected chi connectivity index (χ4v) is 2.14. The van der Waals surface area contributed by atoms with Gasteiger partial charge in [-0.25, -0.2) is 0 Å². The summed E-state index contributed by atoms with van der Waals surface area (Å²) in [6.45, 7) is 8.96. The van der Waals surface area contributed by atoms with E-state index in [9.17, 15) is 0 Å². The fraction of sp³-hybridized carbons (Fsp3) is 1.00. The Balaban J connectivity index is 2.25. The van der Waals surface area contributed by atoms with Crippen LogP contribution in [0.2, 0.25) is 0 Å². The molecule has 1 aliphatic rings. The molecular weight excluding hydrogens is 148 g/mol. The third-order valence-electron chi connectivity index (χ3n) is 3.17. The first-order chi connectivity index (χ1) is 5.75. The summed E-state index contributed by atoms with van der Waals surface area (Å²) in [4.78, 5) is 0. The van der Waals surface area contributed by atoms with E-state index < -0.39 is 0 Å². The molecule has 1 nitrogen and oxygen atoms in total. The van der Waals surface area contributed by atoms with Gasteiger partial charge in [0.25, 0.3) is 0 Å². The Hall–Kier alpha value is -0.0400. The van der Waals surface area contributed by atoms with Crippen molar-refractivity contribution in [2.75, 3.05) is 13.2 Å². The van der Waals surface area contributed by atoms with E-state index in [1.165, 1.54) is 19.3 Å². The van der Waals surface area contributed by atoms with Gasteiger partial charge in [0, 0.05) is 13.2 Å². The van der Waals surface area contributed by atoms with Crippen LogP contribution in [0.1, 0.15) is 40.0 Å². The van der Waals surface area contributed by atoms with Gasteiger partial charge >= 0.3 is 0 Å². The highest BCUT2D eigenvalue weighted by Crippen LogP contribution is 2.30. The number of ether oxygens (including phenoxy) is 1. The average Bonchev–Trinajstić information content (AvgIpc) is 2.47. The molecule has 0 saturated carbocycles. The van der Waals surface area contributed by atoms with E-state index in [-0.39, 0.29) is 0 Å². The van der Waals surface area contributed by atoms with Crippen LogP contribution in [0.3, 0.4) is 0 Å². The molecule has 0 amide bonds. The number of rotatable bonds is 4. The zero-order valence-corrected chi connectivity index (χ0v) is 8.68. The Morgan fingerprint density at radius 1 is 1.42 bits per heavy atom. The van der Waals surface area contributed by atoms with Crippen molar-refractivity contribution < 1.29 is 4.74 Å². The van der Waals surface area contributed by atoms with E-state index in [0.717, 1.165) is 31.0 Å².